The molecule has 4 atom stereocenters. The lowest BCUT2D eigenvalue weighted by molar-refractivity contribution is -0.142. The maximum Gasteiger partial charge on any atom is 0.325 e. The molecule has 0 aliphatic heterocycles. The molecule has 0 radical (unpaired) electrons. The van der Waals surface area contributed by atoms with Crippen molar-refractivity contribution in [3.05, 3.63) is 29.8 Å². The maximum absolute atomic E-state index is 13.0. The molecule has 4 unspecified atom stereocenters. The Morgan fingerprint density at radius 2 is 1.32 bits per heavy atom. The summed E-state index contributed by atoms with van der Waals surface area (Å²) in [5.41, 5.74) is 16.3. The van der Waals surface area contributed by atoms with E-state index in [1.807, 2.05) is 0 Å². The van der Waals surface area contributed by atoms with Gasteiger partial charge in [-0.05, 0) is 24.6 Å². The fourth-order valence-electron chi connectivity index (χ4n) is 2.72. The highest BCUT2D eigenvalue weighted by Crippen LogP contribution is 2.12. The number of hydrogen-bond acceptors (Lipinski definition) is 8. The molecule has 0 aliphatic carbocycles. The molecule has 186 valence electrons. The third-order valence-corrected chi connectivity index (χ3v) is 4.53. The number of aromatic hydroxyl groups is 1. The standard InChI is InChI=1S/C20H28N6O8/c1-9(20(33)34)24-18(31)14(8-16(23)29)26-19(32)13(6-10-2-4-11(27)5-3-10)25-17(30)12(21)7-15(22)28/h2-5,9,12-14,27H,6-8,21H2,1H3,(H2,22,28)(H2,23,29)(H,24,31)(H,25,30)(H,26,32)(H,33,34). The summed E-state index contributed by atoms with van der Waals surface area (Å²) in [6.07, 6.45) is -1.26. The van der Waals surface area contributed by atoms with Crippen molar-refractivity contribution < 1.29 is 39.0 Å². The quantitative estimate of drug-likeness (QED) is 0.139. The molecule has 14 heteroatoms. The Morgan fingerprint density at radius 1 is 0.824 bits per heavy atom. The Balaban J connectivity index is 3.11. The minimum absolute atomic E-state index is 0.0389. The SMILES string of the molecule is CC(NC(=O)C(CC(N)=O)NC(=O)C(Cc1ccc(O)cc1)NC(=O)C(N)CC(N)=O)C(=O)O. The van der Waals surface area contributed by atoms with E-state index in [4.69, 9.17) is 22.3 Å². The second kappa shape index (κ2) is 12.7. The van der Waals surface area contributed by atoms with Crippen LogP contribution in [-0.2, 0) is 35.2 Å². The molecule has 0 bridgehead atoms. The van der Waals surface area contributed by atoms with E-state index in [0.717, 1.165) is 0 Å². The molecule has 0 aromatic heterocycles. The third-order valence-electron chi connectivity index (χ3n) is 4.53. The van der Waals surface area contributed by atoms with Crippen molar-refractivity contribution in [2.75, 3.05) is 0 Å². The summed E-state index contributed by atoms with van der Waals surface area (Å²) in [4.78, 5) is 71.2. The maximum atomic E-state index is 13.0. The summed E-state index contributed by atoms with van der Waals surface area (Å²) < 4.78 is 0. The zero-order chi connectivity index (χ0) is 26.0. The molecular formula is C20H28N6O8. The molecule has 0 saturated heterocycles. The molecule has 0 fully saturated rings. The fraction of sp³-hybridized carbons (Fsp3) is 0.400. The number of carbonyl (C=O) groups excluding carboxylic acids is 5. The van der Waals surface area contributed by atoms with Crippen LogP contribution in [0.1, 0.15) is 25.3 Å². The van der Waals surface area contributed by atoms with Gasteiger partial charge in [-0.15, -0.1) is 0 Å². The minimum atomic E-state index is -1.54. The molecule has 5 amide bonds. The van der Waals surface area contributed by atoms with Crippen LogP contribution >= 0.6 is 0 Å². The van der Waals surface area contributed by atoms with Crippen LogP contribution in [0.2, 0.25) is 0 Å². The lowest BCUT2D eigenvalue weighted by atomic mass is 10.0. The van der Waals surface area contributed by atoms with Gasteiger partial charge >= 0.3 is 5.97 Å². The molecule has 0 spiro atoms. The van der Waals surface area contributed by atoms with Gasteiger partial charge in [0.05, 0.1) is 18.9 Å². The summed E-state index contributed by atoms with van der Waals surface area (Å²) in [5, 5.41) is 25.1. The minimum Gasteiger partial charge on any atom is -0.508 e. The Labute approximate surface area is 194 Å². The number of benzene rings is 1. The van der Waals surface area contributed by atoms with Crippen LogP contribution in [0.5, 0.6) is 5.75 Å². The van der Waals surface area contributed by atoms with E-state index < -0.39 is 72.5 Å². The Morgan fingerprint density at radius 3 is 1.82 bits per heavy atom. The summed E-state index contributed by atoms with van der Waals surface area (Å²) >= 11 is 0. The smallest absolute Gasteiger partial charge is 0.325 e. The Kier molecular flexibility index (Phi) is 10.4. The van der Waals surface area contributed by atoms with Gasteiger partial charge in [-0.3, -0.25) is 28.8 Å². The zero-order valence-corrected chi connectivity index (χ0v) is 18.3. The second-order valence-corrected chi connectivity index (χ2v) is 7.51. The van der Waals surface area contributed by atoms with Crippen molar-refractivity contribution in [1.82, 2.24) is 16.0 Å². The molecule has 1 aromatic rings. The molecule has 34 heavy (non-hydrogen) atoms. The average Bonchev–Trinajstić information content (AvgIpc) is 2.73. The van der Waals surface area contributed by atoms with E-state index in [-0.39, 0.29) is 12.2 Å². The first-order valence-electron chi connectivity index (χ1n) is 10.0. The first kappa shape index (κ1) is 27.8. The van der Waals surface area contributed by atoms with Gasteiger partial charge in [0.15, 0.2) is 0 Å². The third kappa shape index (κ3) is 9.52. The van der Waals surface area contributed by atoms with Crippen molar-refractivity contribution in [2.24, 2.45) is 17.2 Å². The van der Waals surface area contributed by atoms with Crippen LogP contribution in [0.15, 0.2) is 24.3 Å². The first-order valence-corrected chi connectivity index (χ1v) is 10.0. The number of carboxylic acid groups (broad SMARTS) is 1. The van der Waals surface area contributed by atoms with Crippen molar-refractivity contribution in [2.45, 2.75) is 50.4 Å². The van der Waals surface area contributed by atoms with Crippen LogP contribution in [0, 0.1) is 0 Å². The van der Waals surface area contributed by atoms with E-state index in [2.05, 4.69) is 16.0 Å². The summed E-state index contributed by atoms with van der Waals surface area (Å²) in [5.74, 6) is -5.97. The highest BCUT2D eigenvalue weighted by molar-refractivity contribution is 5.96. The summed E-state index contributed by atoms with van der Waals surface area (Å²) in [6.45, 7) is 1.18. The van der Waals surface area contributed by atoms with Gasteiger partial charge in [0.2, 0.25) is 29.5 Å². The largest absolute Gasteiger partial charge is 0.508 e. The number of carbonyl (C=O) groups is 6. The molecule has 1 aromatic carbocycles. The van der Waals surface area contributed by atoms with Gasteiger partial charge in [0, 0.05) is 6.42 Å². The summed E-state index contributed by atoms with van der Waals surface area (Å²) in [7, 11) is 0. The fourth-order valence-corrected chi connectivity index (χ4v) is 2.72. The van der Waals surface area contributed by atoms with Gasteiger partial charge in [-0.2, -0.15) is 0 Å². The van der Waals surface area contributed by atoms with Crippen molar-refractivity contribution in [3.8, 4) is 5.75 Å². The molecule has 0 heterocycles. The molecule has 14 nitrogen and oxygen atoms in total. The Bertz CT molecular complexity index is 935. The number of rotatable bonds is 13. The highest BCUT2D eigenvalue weighted by Gasteiger charge is 2.30. The number of hydrogen-bond donors (Lipinski definition) is 8. The van der Waals surface area contributed by atoms with Crippen LogP contribution in [0.25, 0.3) is 0 Å². The van der Waals surface area contributed by atoms with Crippen LogP contribution < -0.4 is 33.2 Å². The van der Waals surface area contributed by atoms with E-state index in [1.54, 1.807) is 0 Å². The lowest BCUT2D eigenvalue weighted by Crippen LogP contribution is -2.58. The van der Waals surface area contributed by atoms with Gasteiger partial charge < -0.3 is 43.4 Å². The summed E-state index contributed by atoms with van der Waals surface area (Å²) in [6, 6.07) is 0.109. The van der Waals surface area contributed by atoms with E-state index in [9.17, 15) is 33.9 Å². The normalized spacial score (nSPS) is 14.1. The topological polar surface area (TPSA) is 257 Å². The highest BCUT2D eigenvalue weighted by atomic mass is 16.4. The zero-order valence-electron chi connectivity index (χ0n) is 18.3. The number of amides is 5. The Hall–Kier alpha value is -4.20. The monoisotopic (exact) mass is 480 g/mol. The predicted molar refractivity (Wildman–Crippen MR) is 117 cm³/mol. The molecular weight excluding hydrogens is 452 g/mol. The van der Waals surface area contributed by atoms with Crippen LogP contribution in [0.4, 0.5) is 0 Å². The van der Waals surface area contributed by atoms with Gasteiger partial charge in [-0.25, -0.2) is 0 Å². The van der Waals surface area contributed by atoms with Gasteiger partial charge in [0.1, 0.15) is 23.9 Å². The van der Waals surface area contributed by atoms with Crippen LogP contribution in [0.3, 0.4) is 0 Å². The van der Waals surface area contributed by atoms with E-state index in [1.165, 1.54) is 31.2 Å². The molecule has 0 aliphatic rings. The van der Waals surface area contributed by atoms with Crippen molar-refractivity contribution in [3.63, 3.8) is 0 Å². The lowest BCUT2D eigenvalue weighted by Gasteiger charge is -2.24. The van der Waals surface area contributed by atoms with Gasteiger partial charge in [0.25, 0.3) is 0 Å². The first-order chi connectivity index (χ1) is 15.8. The van der Waals surface area contributed by atoms with E-state index in [0.29, 0.717) is 5.56 Å². The van der Waals surface area contributed by atoms with Crippen molar-refractivity contribution in [1.29, 1.82) is 0 Å². The van der Waals surface area contributed by atoms with E-state index >= 15 is 0 Å². The van der Waals surface area contributed by atoms with Crippen molar-refractivity contribution >= 4 is 35.5 Å². The van der Waals surface area contributed by atoms with Crippen LogP contribution in [-0.4, -0.2) is 69.9 Å². The number of phenolic OH excluding ortho intramolecular Hbond substituents is 1. The number of primary amides is 2. The number of nitrogens with two attached hydrogens (primary N) is 3. The van der Waals surface area contributed by atoms with Gasteiger partial charge in [-0.1, -0.05) is 12.1 Å². The second-order valence-electron chi connectivity index (χ2n) is 7.51. The molecule has 0 saturated carbocycles. The number of phenols is 1. The predicted octanol–water partition coefficient (Wildman–Crippen LogP) is -3.43. The number of carboxylic acids is 1. The molecule has 1 rings (SSSR count). The average molecular weight is 480 g/mol. The number of aliphatic carboxylic acids is 1. The molecule has 11 N–H and O–H groups in total. The number of nitrogens with one attached hydrogen (secondary N) is 3.